The van der Waals surface area contributed by atoms with E-state index in [1.165, 1.54) is 67.5 Å². The molecule has 0 radical (unpaired) electrons. The van der Waals surface area contributed by atoms with E-state index in [-0.39, 0.29) is 0 Å². The molecule has 1 aromatic carbocycles. The van der Waals surface area contributed by atoms with Gasteiger partial charge in [0.1, 0.15) is 0 Å². The van der Waals surface area contributed by atoms with Gasteiger partial charge in [-0.3, -0.25) is 5.43 Å². The number of rotatable bonds is 1. The Balaban J connectivity index is 0.000000858. The van der Waals surface area contributed by atoms with Crippen LogP contribution in [0, 0.1) is 18.8 Å². The van der Waals surface area contributed by atoms with E-state index in [9.17, 15) is 0 Å². The van der Waals surface area contributed by atoms with Crippen molar-refractivity contribution in [1.29, 1.82) is 0 Å². The van der Waals surface area contributed by atoms with Crippen LogP contribution >= 0.6 is 0 Å². The van der Waals surface area contributed by atoms with E-state index < -0.39 is 0 Å². The molecule has 2 heteroatoms. The molecule has 0 amide bonds. The molecule has 166 valence electrons. The van der Waals surface area contributed by atoms with Crippen LogP contribution in [0.2, 0.25) is 0 Å². The number of hydrogen-bond acceptors (Lipinski definition) is 2. The molecule has 1 saturated carbocycles. The zero-order valence-corrected chi connectivity index (χ0v) is 20.9. The Labute approximate surface area is 182 Å². The first-order chi connectivity index (χ1) is 14.0. The van der Waals surface area contributed by atoms with Crippen LogP contribution in [0.1, 0.15) is 111 Å². The highest BCUT2D eigenvalue weighted by Crippen LogP contribution is 2.36. The molecule has 2 nitrogen and oxygen atoms in total. The maximum Gasteiger partial charge on any atom is 0.0632 e. The summed E-state index contributed by atoms with van der Waals surface area (Å²) >= 11 is 0. The summed E-state index contributed by atoms with van der Waals surface area (Å²) < 4.78 is 0. The van der Waals surface area contributed by atoms with Gasteiger partial charge in [-0.1, -0.05) is 104 Å². The second-order valence-electron chi connectivity index (χ2n) is 8.17. The van der Waals surface area contributed by atoms with Crippen LogP contribution in [0.5, 0.6) is 0 Å². The van der Waals surface area contributed by atoms with Crippen molar-refractivity contribution in [3.8, 4) is 0 Å². The van der Waals surface area contributed by atoms with Gasteiger partial charge in [-0.25, -0.2) is 0 Å². The molecule has 0 bridgehead atoms. The van der Waals surface area contributed by atoms with Gasteiger partial charge in [0.15, 0.2) is 0 Å². The van der Waals surface area contributed by atoms with Crippen molar-refractivity contribution < 1.29 is 0 Å². The van der Waals surface area contributed by atoms with E-state index in [1.807, 2.05) is 13.8 Å². The lowest BCUT2D eigenvalue weighted by Gasteiger charge is -2.31. The van der Waals surface area contributed by atoms with Crippen molar-refractivity contribution >= 4 is 11.4 Å². The first-order valence-electron chi connectivity index (χ1n) is 12.1. The average molecular weight is 401 g/mol. The molecule has 2 aliphatic rings. The van der Waals surface area contributed by atoms with Crippen LogP contribution in [0.25, 0.3) is 5.70 Å². The van der Waals surface area contributed by atoms with E-state index in [2.05, 4.69) is 83.3 Å². The van der Waals surface area contributed by atoms with E-state index in [0.29, 0.717) is 5.92 Å². The number of nitrogens with zero attached hydrogens (tertiary/aromatic N) is 1. The third-order valence-corrected chi connectivity index (χ3v) is 5.03. The first-order valence-corrected chi connectivity index (χ1v) is 12.1. The Morgan fingerprint density at radius 1 is 0.897 bits per heavy atom. The monoisotopic (exact) mass is 400 g/mol. The maximum atomic E-state index is 4.59. The van der Waals surface area contributed by atoms with Gasteiger partial charge in [-0.15, -0.1) is 0 Å². The highest BCUT2D eigenvalue weighted by Gasteiger charge is 2.27. The summed E-state index contributed by atoms with van der Waals surface area (Å²) in [5.41, 5.74) is 10.0. The van der Waals surface area contributed by atoms with E-state index >= 15 is 0 Å². The molecule has 1 heterocycles. The van der Waals surface area contributed by atoms with E-state index in [0.717, 1.165) is 5.92 Å². The molecule has 1 aromatic rings. The summed E-state index contributed by atoms with van der Waals surface area (Å²) in [5.74, 6) is 1.40. The molecule has 2 atom stereocenters. The number of hydrogen-bond donors (Lipinski definition) is 1. The van der Waals surface area contributed by atoms with Gasteiger partial charge < -0.3 is 0 Å². The molecule has 2 unspecified atom stereocenters. The molecular formula is C27H48N2. The number of benzene rings is 1. The van der Waals surface area contributed by atoms with Gasteiger partial charge in [-0.05, 0) is 50.2 Å². The van der Waals surface area contributed by atoms with Crippen LogP contribution in [-0.4, -0.2) is 5.71 Å². The topological polar surface area (TPSA) is 24.4 Å². The average Bonchev–Trinajstić information content (AvgIpc) is 2.70. The lowest BCUT2D eigenvalue weighted by Crippen LogP contribution is -2.27. The molecule has 1 N–H and O–H groups in total. The fourth-order valence-electron chi connectivity index (χ4n) is 3.59. The Bertz CT molecular complexity index is 593. The molecule has 1 aliphatic carbocycles. The Kier molecular flexibility index (Phi) is 15.4. The second-order valence-corrected chi connectivity index (χ2v) is 8.17. The third kappa shape index (κ3) is 9.65. The molecule has 0 spiro atoms. The maximum absolute atomic E-state index is 4.59. The number of aryl methyl sites for hydroxylation is 1. The normalized spacial score (nSPS) is 20.5. The minimum Gasteiger partial charge on any atom is -0.278 e. The van der Waals surface area contributed by atoms with Gasteiger partial charge >= 0.3 is 0 Å². The van der Waals surface area contributed by atoms with E-state index in [1.54, 1.807) is 5.57 Å². The van der Waals surface area contributed by atoms with Gasteiger partial charge in [0.25, 0.3) is 0 Å². The van der Waals surface area contributed by atoms with Crippen LogP contribution in [0.3, 0.4) is 0 Å². The van der Waals surface area contributed by atoms with Crippen molar-refractivity contribution in [1.82, 2.24) is 5.43 Å². The largest absolute Gasteiger partial charge is 0.278 e. The first kappa shape index (κ1) is 27.4. The summed E-state index contributed by atoms with van der Waals surface area (Å²) in [7, 11) is 0. The minimum absolute atomic E-state index is 0.551. The van der Waals surface area contributed by atoms with E-state index in [4.69, 9.17) is 0 Å². The van der Waals surface area contributed by atoms with Crippen LogP contribution in [0.4, 0.5) is 0 Å². The quantitative estimate of drug-likeness (QED) is 0.500. The zero-order valence-electron chi connectivity index (χ0n) is 20.9. The van der Waals surface area contributed by atoms with Gasteiger partial charge in [-0.2, -0.15) is 5.10 Å². The summed E-state index contributed by atoms with van der Waals surface area (Å²) in [6, 6.07) is 8.83. The highest BCUT2D eigenvalue weighted by molar-refractivity contribution is 5.91. The number of allylic oxidation sites excluding steroid dienone is 1. The Morgan fingerprint density at radius 2 is 1.45 bits per heavy atom. The molecule has 0 saturated heterocycles. The Morgan fingerprint density at radius 3 is 2.00 bits per heavy atom. The second kappa shape index (κ2) is 16.3. The number of hydrazone groups is 1. The lowest BCUT2D eigenvalue weighted by molar-refractivity contribution is 0.420. The Hall–Kier alpha value is -1.57. The predicted molar refractivity (Wildman–Crippen MR) is 133 cm³/mol. The summed E-state index contributed by atoms with van der Waals surface area (Å²) in [5, 5.41) is 4.59. The minimum atomic E-state index is 0.551. The van der Waals surface area contributed by atoms with Crippen molar-refractivity contribution in [3.63, 3.8) is 0 Å². The molecule has 1 fully saturated rings. The van der Waals surface area contributed by atoms with Crippen molar-refractivity contribution in [3.05, 3.63) is 41.0 Å². The lowest BCUT2D eigenvalue weighted by atomic mass is 9.78. The van der Waals surface area contributed by atoms with Crippen LogP contribution < -0.4 is 5.43 Å². The zero-order chi connectivity index (χ0) is 22.2. The fourth-order valence-corrected chi connectivity index (χ4v) is 3.59. The molecule has 3 rings (SSSR count). The SMILES string of the molecule is CC.CC1=NNC(c2ccc(C)cc2)=C2CCC(C)CCCC12.CCC.CCC. The summed E-state index contributed by atoms with van der Waals surface area (Å²) in [6.07, 6.45) is 8.95. The van der Waals surface area contributed by atoms with Crippen molar-refractivity contribution in [2.45, 2.75) is 107 Å². The van der Waals surface area contributed by atoms with Crippen molar-refractivity contribution in [2.75, 3.05) is 0 Å². The molecule has 29 heavy (non-hydrogen) atoms. The number of fused-ring (bicyclic) bond motifs is 1. The number of nitrogens with one attached hydrogen (secondary N) is 1. The molecule has 1 aliphatic heterocycles. The smallest absolute Gasteiger partial charge is 0.0632 e. The van der Waals surface area contributed by atoms with Crippen LogP contribution in [-0.2, 0) is 0 Å². The summed E-state index contributed by atoms with van der Waals surface area (Å²) in [4.78, 5) is 0. The fraction of sp³-hybridized carbons (Fsp3) is 0.667. The van der Waals surface area contributed by atoms with Gasteiger partial charge in [0.05, 0.1) is 5.70 Å². The van der Waals surface area contributed by atoms with Gasteiger partial charge in [0.2, 0.25) is 0 Å². The standard InChI is InChI=1S/C19H26N2.2C3H8.C2H6/c1-13-5-4-6-17-15(3)20-21-19(18(17)12-9-13)16-10-7-14(2)8-11-16;2*1-3-2;1-2/h7-8,10-11,13,17,21H,4-6,9,12H2,1-3H3;2*3H2,1-2H3;1-2H3. The highest BCUT2D eigenvalue weighted by atomic mass is 15.3. The summed E-state index contributed by atoms with van der Waals surface area (Å²) in [6.45, 7) is 19.2. The molecule has 0 aromatic heterocycles. The van der Waals surface area contributed by atoms with Crippen LogP contribution in [0.15, 0.2) is 34.9 Å². The molecular weight excluding hydrogens is 352 g/mol. The third-order valence-electron chi connectivity index (χ3n) is 5.03. The predicted octanol–water partition coefficient (Wildman–Crippen LogP) is 8.76. The van der Waals surface area contributed by atoms with Crippen molar-refractivity contribution in [2.24, 2.45) is 16.9 Å². The van der Waals surface area contributed by atoms with Gasteiger partial charge in [0, 0.05) is 11.6 Å².